The Balaban J connectivity index is 1.35. The number of nitrogens with zero attached hydrogens (tertiary/aromatic N) is 1. The predicted molar refractivity (Wildman–Crippen MR) is 96.8 cm³/mol. The summed E-state index contributed by atoms with van der Waals surface area (Å²) in [6.45, 7) is 1.06. The lowest BCUT2D eigenvalue weighted by atomic mass is 9.47. The highest BCUT2D eigenvalue weighted by molar-refractivity contribution is 5.94. The number of nitrogens with one attached hydrogen (secondary N) is 1. The van der Waals surface area contributed by atoms with Crippen LogP contribution < -0.4 is 20.7 Å². The summed E-state index contributed by atoms with van der Waals surface area (Å²) in [5, 5.41) is 3.31. The summed E-state index contributed by atoms with van der Waals surface area (Å²) in [6, 6.07) is 7.77. The predicted octanol–water partition coefficient (Wildman–Crippen LogP) is 2.28. The first kappa shape index (κ1) is 16.0. The van der Waals surface area contributed by atoms with Crippen LogP contribution in [0.3, 0.4) is 0 Å². The van der Waals surface area contributed by atoms with Crippen molar-refractivity contribution in [1.29, 1.82) is 0 Å². The molecule has 6 rings (SSSR count). The molecule has 26 heavy (non-hydrogen) atoms. The van der Waals surface area contributed by atoms with Crippen LogP contribution in [0.5, 0.6) is 5.75 Å². The highest BCUT2D eigenvalue weighted by Crippen LogP contribution is 2.59. The third-order valence-corrected chi connectivity index (χ3v) is 7.06. The van der Waals surface area contributed by atoms with Gasteiger partial charge in [0.15, 0.2) is 0 Å². The molecule has 4 saturated carbocycles. The maximum absolute atomic E-state index is 13.0. The first-order valence-electron chi connectivity index (χ1n) is 9.65. The number of carbonyl (C=O) groups is 2. The quantitative estimate of drug-likeness (QED) is 0.853. The average molecular weight is 355 g/mol. The number of carbonyl (C=O) groups excluding carboxylic acids is 2. The lowest BCUT2D eigenvalue weighted by molar-refractivity contribution is -0.145. The number of anilines is 1. The number of nitrogens with two attached hydrogens (primary N) is 1. The Bertz CT molecular complexity index is 748. The van der Waals surface area contributed by atoms with Crippen molar-refractivity contribution in [2.75, 3.05) is 18.1 Å². The monoisotopic (exact) mass is 355 g/mol. The molecular weight excluding hydrogens is 330 g/mol. The molecule has 4 bridgehead atoms. The number of hydrogen-bond acceptors (Lipinski definition) is 3. The molecule has 3 amide bonds. The zero-order chi connectivity index (χ0) is 17.9. The number of amides is 3. The molecule has 3 N–H and O–H groups in total. The number of fused-ring (bicyclic) bond motifs is 1. The van der Waals surface area contributed by atoms with Gasteiger partial charge in [0.1, 0.15) is 12.4 Å². The van der Waals surface area contributed by atoms with Crippen LogP contribution in [-0.2, 0) is 4.79 Å². The van der Waals surface area contributed by atoms with Gasteiger partial charge in [-0.1, -0.05) is 12.1 Å². The molecule has 0 aromatic heterocycles. The molecule has 4 aliphatic carbocycles. The van der Waals surface area contributed by atoms with E-state index in [9.17, 15) is 9.59 Å². The minimum atomic E-state index is -0.316. The molecule has 4 fully saturated rings. The fourth-order valence-corrected chi connectivity index (χ4v) is 6.16. The van der Waals surface area contributed by atoms with E-state index in [4.69, 9.17) is 10.5 Å². The Kier molecular flexibility index (Phi) is 3.46. The smallest absolute Gasteiger partial charge is 0.322 e. The Labute approximate surface area is 153 Å². The van der Waals surface area contributed by atoms with Crippen molar-refractivity contribution in [3.63, 3.8) is 0 Å². The zero-order valence-electron chi connectivity index (χ0n) is 14.8. The Morgan fingerprint density at radius 2 is 1.88 bits per heavy atom. The second-order valence-electron chi connectivity index (χ2n) is 8.56. The molecule has 138 valence electrons. The van der Waals surface area contributed by atoms with E-state index >= 15 is 0 Å². The van der Waals surface area contributed by atoms with Gasteiger partial charge in [-0.25, -0.2) is 4.79 Å². The van der Waals surface area contributed by atoms with E-state index in [-0.39, 0.29) is 23.4 Å². The summed E-state index contributed by atoms with van der Waals surface area (Å²) < 4.78 is 5.65. The topological polar surface area (TPSA) is 84.7 Å². The first-order valence-corrected chi connectivity index (χ1v) is 9.65. The third kappa shape index (κ3) is 2.31. The van der Waals surface area contributed by atoms with Gasteiger partial charge in [-0.2, -0.15) is 0 Å². The van der Waals surface area contributed by atoms with E-state index in [0.29, 0.717) is 30.9 Å². The van der Waals surface area contributed by atoms with Crippen LogP contribution in [0.25, 0.3) is 0 Å². The van der Waals surface area contributed by atoms with Gasteiger partial charge in [0.05, 0.1) is 12.2 Å². The molecule has 2 unspecified atom stereocenters. The van der Waals surface area contributed by atoms with E-state index in [2.05, 4.69) is 5.32 Å². The van der Waals surface area contributed by atoms with Crippen molar-refractivity contribution in [3.8, 4) is 5.75 Å². The minimum Gasteiger partial charge on any atom is -0.490 e. The summed E-state index contributed by atoms with van der Waals surface area (Å²) in [5.41, 5.74) is 6.27. The van der Waals surface area contributed by atoms with E-state index in [1.54, 1.807) is 4.90 Å². The molecule has 2 atom stereocenters. The van der Waals surface area contributed by atoms with Crippen LogP contribution in [-0.4, -0.2) is 31.1 Å². The van der Waals surface area contributed by atoms with Gasteiger partial charge in [-0.05, 0) is 62.0 Å². The van der Waals surface area contributed by atoms with Gasteiger partial charge in [0.25, 0.3) is 0 Å². The van der Waals surface area contributed by atoms with Crippen LogP contribution >= 0.6 is 0 Å². The number of benzene rings is 1. The van der Waals surface area contributed by atoms with Crippen molar-refractivity contribution < 1.29 is 14.3 Å². The van der Waals surface area contributed by atoms with Gasteiger partial charge in [-0.15, -0.1) is 0 Å². The van der Waals surface area contributed by atoms with Crippen LogP contribution in [0.4, 0.5) is 10.5 Å². The lowest BCUT2D eigenvalue weighted by Gasteiger charge is -2.58. The Morgan fingerprint density at radius 3 is 2.62 bits per heavy atom. The van der Waals surface area contributed by atoms with Gasteiger partial charge in [-0.3, -0.25) is 9.69 Å². The van der Waals surface area contributed by atoms with Gasteiger partial charge >= 0.3 is 6.03 Å². The molecule has 0 spiro atoms. The molecule has 1 aliphatic heterocycles. The highest BCUT2D eigenvalue weighted by Gasteiger charge is 2.58. The van der Waals surface area contributed by atoms with Gasteiger partial charge in [0, 0.05) is 11.5 Å². The van der Waals surface area contributed by atoms with Crippen molar-refractivity contribution in [2.45, 2.75) is 38.1 Å². The number of urea groups is 1. The van der Waals surface area contributed by atoms with E-state index in [1.807, 2.05) is 24.3 Å². The van der Waals surface area contributed by atoms with Crippen molar-refractivity contribution in [1.82, 2.24) is 5.32 Å². The summed E-state index contributed by atoms with van der Waals surface area (Å²) in [7, 11) is 0. The first-order chi connectivity index (χ1) is 12.6. The maximum Gasteiger partial charge on any atom is 0.322 e. The molecule has 1 aromatic rings. The Morgan fingerprint density at radius 1 is 1.15 bits per heavy atom. The molecular formula is C20H25N3O3. The standard InChI is InChI=1S/C20H25N3O3/c21-18(24)20-9-12-7-13(10-20)17(14(8-12)11-20)22-19(25)23-5-6-26-16-4-2-1-3-15(16)23/h1-4,12-14,17H,5-11H2,(H2,21,24)(H,22,25). The van der Waals surface area contributed by atoms with Crippen LogP contribution in [0, 0.1) is 23.2 Å². The van der Waals surface area contributed by atoms with Crippen LogP contribution in [0.2, 0.25) is 0 Å². The number of ether oxygens (including phenoxy) is 1. The largest absolute Gasteiger partial charge is 0.490 e. The lowest BCUT2D eigenvalue weighted by Crippen LogP contribution is -2.63. The van der Waals surface area contributed by atoms with Gasteiger partial charge < -0.3 is 15.8 Å². The summed E-state index contributed by atoms with van der Waals surface area (Å²) in [5.74, 6) is 1.95. The second kappa shape index (κ2) is 5.63. The third-order valence-electron chi connectivity index (χ3n) is 7.06. The molecule has 1 aromatic carbocycles. The second-order valence-corrected chi connectivity index (χ2v) is 8.56. The molecule has 0 saturated heterocycles. The minimum absolute atomic E-state index is 0.0497. The maximum atomic E-state index is 13.0. The average Bonchev–Trinajstić information content (AvgIpc) is 2.63. The van der Waals surface area contributed by atoms with E-state index in [1.165, 1.54) is 0 Å². The number of rotatable bonds is 2. The van der Waals surface area contributed by atoms with Crippen LogP contribution in [0.1, 0.15) is 32.1 Å². The zero-order valence-corrected chi connectivity index (χ0v) is 14.8. The molecule has 0 radical (unpaired) electrons. The van der Waals surface area contributed by atoms with E-state index in [0.717, 1.165) is 43.5 Å². The van der Waals surface area contributed by atoms with Crippen molar-refractivity contribution in [3.05, 3.63) is 24.3 Å². The molecule has 6 nitrogen and oxygen atoms in total. The van der Waals surface area contributed by atoms with Crippen LogP contribution in [0.15, 0.2) is 24.3 Å². The van der Waals surface area contributed by atoms with Gasteiger partial charge in [0.2, 0.25) is 5.91 Å². The number of primary amides is 1. The summed E-state index contributed by atoms with van der Waals surface area (Å²) >= 11 is 0. The fourth-order valence-electron chi connectivity index (χ4n) is 6.16. The fraction of sp³-hybridized carbons (Fsp3) is 0.600. The normalized spacial score (nSPS) is 37.0. The highest BCUT2D eigenvalue weighted by atomic mass is 16.5. The molecule has 6 heteroatoms. The molecule has 5 aliphatic rings. The summed E-state index contributed by atoms with van der Waals surface area (Å²) in [4.78, 5) is 26.9. The Hall–Kier alpha value is -2.24. The molecule has 1 heterocycles. The van der Waals surface area contributed by atoms with Crippen molar-refractivity contribution in [2.24, 2.45) is 28.9 Å². The number of para-hydroxylation sites is 2. The SMILES string of the molecule is NC(=O)C12CC3CC(C1)C(NC(=O)N1CCOc4ccccc41)C(C3)C2. The van der Waals surface area contributed by atoms with Crippen molar-refractivity contribution >= 4 is 17.6 Å². The van der Waals surface area contributed by atoms with E-state index < -0.39 is 0 Å². The summed E-state index contributed by atoms with van der Waals surface area (Å²) in [6.07, 6.45) is 4.83. The number of hydrogen-bond donors (Lipinski definition) is 2.